The first-order valence-corrected chi connectivity index (χ1v) is 8.76. The third-order valence-corrected chi connectivity index (χ3v) is 4.07. The summed E-state index contributed by atoms with van der Waals surface area (Å²) in [6.07, 6.45) is 0.108. The molecule has 0 aliphatic rings. The number of rotatable bonds is 8. The van der Waals surface area contributed by atoms with E-state index in [2.05, 4.69) is 10.2 Å². The van der Waals surface area contributed by atoms with Crippen LogP contribution in [0.25, 0.3) is 0 Å². The SMILES string of the molecule is COc1ccccc1[C@H](CNC(=O)c1ccc(OC(C)C)cc1)N(C)C. The number of likely N-dealkylation sites (N-methyl/N-ethyl adjacent to an activating group) is 1. The zero-order valence-corrected chi connectivity index (χ0v) is 16.2. The number of nitrogens with one attached hydrogen (secondary N) is 1. The molecule has 0 fully saturated rings. The molecule has 0 saturated carbocycles. The number of methoxy groups -OCH3 is 1. The number of hydrogen-bond donors (Lipinski definition) is 1. The van der Waals surface area contributed by atoms with E-state index >= 15 is 0 Å². The monoisotopic (exact) mass is 356 g/mol. The number of benzene rings is 2. The fraction of sp³-hybridized carbons (Fsp3) is 0.381. The standard InChI is InChI=1S/C21H28N2O3/c1-15(2)26-17-12-10-16(11-13-17)21(24)22-14-19(23(3)4)18-8-6-7-9-20(18)25-5/h6-13,15,19H,14H2,1-5H3,(H,22,24)/t19-/m0/s1. The normalized spacial score (nSPS) is 12.1. The average molecular weight is 356 g/mol. The molecule has 1 N–H and O–H groups in total. The Morgan fingerprint density at radius 3 is 2.31 bits per heavy atom. The highest BCUT2D eigenvalue weighted by Gasteiger charge is 2.19. The molecule has 1 amide bonds. The van der Waals surface area contributed by atoms with Crippen molar-refractivity contribution in [2.24, 2.45) is 0 Å². The van der Waals surface area contributed by atoms with E-state index in [9.17, 15) is 4.79 Å². The van der Waals surface area contributed by atoms with Crippen LogP contribution in [-0.4, -0.2) is 44.7 Å². The van der Waals surface area contributed by atoms with Gasteiger partial charge in [-0.3, -0.25) is 4.79 Å². The summed E-state index contributed by atoms with van der Waals surface area (Å²) < 4.78 is 11.1. The van der Waals surface area contributed by atoms with E-state index in [-0.39, 0.29) is 18.1 Å². The summed E-state index contributed by atoms with van der Waals surface area (Å²) >= 11 is 0. The minimum atomic E-state index is -0.108. The molecule has 2 rings (SSSR count). The van der Waals surface area contributed by atoms with Gasteiger partial charge in [-0.1, -0.05) is 18.2 Å². The first-order valence-electron chi connectivity index (χ1n) is 8.76. The second kappa shape index (κ2) is 9.25. The largest absolute Gasteiger partial charge is 0.496 e. The molecule has 0 aliphatic carbocycles. The van der Waals surface area contributed by atoms with Crippen molar-refractivity contribution < 1.29 is 14.3 Å². The molecule has 1 atom stereocenters. The van der Waals surface area contributed by atoms with Gasteiger partial charge in [-0.25, -0.2) is 0 Å². The van der Waals surface area contributed by atoms with Crippen molar-refractivity contribution >= 4 is 5.91 Å². The molecule has 0 unspecified atom stereocenters. The van der Waals surface area contributed by atoms with E-state index in [0.717, 1.165) is 17.1 Å². The molecule has 2 aromatic carbocycles. The van der Waals surface area contributed by atoms with Gasteiger partial charge in [0, 0.05) is 17.7 Å². The average Bonchev–Trinajstić information content (AvgIpc) is 2.62. The van der Waals surface area contributed by atoms with Crippen LogP contribution in [0.2, 0.25) is 0 Å². The maximum absolute atomic E-state index is 12.5. The van der Waals surface area contributed by atoms with Crippen LogP contribution in [0.4, 0.5) is 0 Å². The topological polar surface area (TPSA) is 50.8 Å². The summed E-state index contributed by atoms with van der Waals surface area (Å²) in [5.41, 5.74) is 1.65. The Balaban J connectivity index is 2.05. The van der Waals surface area contributed by atoms with Gasteiger partial charge in [0.05, 0.1) is 19.3 Å². The van der Waals surface area contributed by atoms with Gasteiger partial charge in [-0.15, -0.1) is 0 Å². The second-order valence-corrected chi connectivity index (χ2v) is 6.62. The van der Waals surface area contributed by atoms with Crippen LogP contribution in [0.3, 0.4) is 0 Å². The van der Waals surface area contributed by atoms with E-state index in [0.29, 0.717) is 12.1 Å². The number of hydrogen-bond acceptors (Lipinski definition) is 4. The number of para-hydroxylation sites is 1. The van der Waals surface area contributed by atoms with Crippen LogP contribution in [0, 0.1) is 0 Å². The van der Waals surface area contributed by atoms with Crippen LogP contribution in [-0.2, 0) is 0 Å². The minimum absolute atomic E-state index is 0.0126. The molecule has 0 saturated heterocycles. The van der Waals surface area contributed by atoms with Gasteiger partial charge in [0.15, 0.2) is 0 Å². The summed E-state index contributed by atoms with van der Waals surface area (Å²) in [4.78, 5) is 14.6. The smallest absolute Gasteiger partial charge is 0.251 e. The fourth-order valence-corrected chi connectivity index (χ4v) is 2.76. The minimum Gasteiger partial charge on any atom is -0.496 e. The maximum atomic E-state index is 12.5. The molecule has 0 heterocycles. The van der Waals surface area contributed by atoms with Crippen molar-refractivity contribution in [2.75, 3.05) is 27.7 Å². The quantitative estimate of drug-likeness (QED) is 0.786. The van der Waals surface area contributed by atoms with Gasteiger partial charge in [0.1, 0.15) is 11.5 Å². The van der Waals surface area contributed by atoms with E-state index < -0.39 is 0 Å². The van der Waals surface area contributed by atoms with Crippen LogP contribution >= 0.6 is 0 Å². The summed E-state index contributed by atoms with van der Waals surface area (Å²) in [5, 5.41) is 3.01. The molecule has 26 heavy (non-hydrogen) atoms. The van der Waals surface area contributed by atoms with Gasteiger partial charge in [-0.05, 0) is 58.3 Å². The predicted molar refractivity (Wildman–Crippen MR) is 104 cm³/mol. The maximum Gasteiger partial charge on any atom is 0.251 e. The third-order valence-electron chi connectivity index (χ3n) is 4.07. The Kier molecular flexibility index (Phi) is 7.04. The summed E-state index contributed by atoms with van der Waals surface area (Å²) in [7, 11) is 5.63. The van der Waals surface area contributed by atoms with Crippen LogP contribution < -0.4 is 14.8 Å². The Labute approximate surface area is 155 Å². The van der Waals surface area contributed by atoms with Crippen LogP contribution in [0.1, 0.15) is 35.8 Å². The summed E-state index contributed by atoms with van der Waals surface area (Å²) in [5.74, 6) is 1.47. The number of carbonyl (C=O) groups excluding carboxylic acids is 1. The van der Waals surface area contributed by atoms with E-state index in [1.165, 1.54) is 0 Å². The Morgan fingerprint density at radius 1 is 1.08 bits per heavy atom. The lowest BCUT2D eigenvalue weighted by atomic mass is 10.0. The number of ether oxygens (including phenoxy) is 2. The number of amides is 1. The Bertz CT molecular complexity index is 711. The molecule has 2 aromatic rings. The van der Waals surface area contributed by atoms with Crippen molar-refractivity contribution in [2.45, 2.75) is 26.0 Å². The van der Waals surface area contributed by atoms with E-state index in [1.807, 2.05) is 64.3 Å². The summed E-state index contributed by atoms with van der Waals surface area (Å²) in [6.45, 7) is 4.43. The van der Waals surface area contributed by atoms with Crippen molar-refractivity contribution in [1.82, 2.24) is 10.2 Å². The number of carbonyl (C=O) groups is 1. The lowest BCUT2D eigenvalue weighted by molar-refractivity contribution is 0.0941. The first-order chi connectivity index (χ1) is 12.4. The van der Waals surface area contributed by atoms with Crippen molar-refractivity contribution in [1.29, 1.82) is 0 Å². The molecule has 0 bridgehead atoms. The number of nitrogens with zero attached hydrogens (tertiary/aromatic N) is 1. The van der Waals surface area contributed by atoms with Crippen molar-refractivity contribution in [3.63, 3.8) is 0 Å². The second-order valence-electron chi connectivity index (χ2n) is 6.62. The van der Waals surface area contributed by atoms with Crippen LogP contribution in [0.5, 0.6) is 11.5 Å². The molecule has 5 nitrogen and oxygen atoms in total. The molecular weight excluding hydrogens is 328 g/mol. The van der Waals surface area contributed by atoms with Gasteiger partial charge < -0.3 is 19.7 Å². The zero-order chi connectivity index (χ0) is 19.1. The molecular formula is C21H28N2O3. The molecule has 0 aliphatic heterocycles. The fourth-order valence-electron chi connectivity index (χ4n) is 2.76. The van der Waals surface area contributed by atoms with Gasteiger partial charge in [0.25, 0.3) is 5.91 Å². The van der Waals surface area contributed by atoms with Gasteiger partial charge in [-0.2, -0.15) is 0 Å². The highest BCUT2D eigenvalue weighted by molar-refractivity contribution is 5.94. The highest BCUT2D eigenvalue weighted by atomic mass is 16.5. The van der Waals surface area contributed by atoms with Gasteiger partial charge >= 0.3 is 0 Å². The molecule has 0 aromatic heterocycles. The molecule has 0 radical (unpaired) electrons. The highest BCUT2D eigenvalue weighted by Crippen LogP contribution is 2.27. The third kappa shape index (κ3) is 5.23. The molecule has 140 valence electrons. The van der Waals surface area contributed by atoms with Crippen molar-refractivity contribution in [3.8, 4) is 11.5 Å². The zero-order valence-electron chi connectivity index (χ0n) is 16.2. The first kappa shape index (κ1) is 19.8. The van der Waals surface area contributed by atoms with E-state index in [1.54, 1.807) is 19.2 Å². The molecule has 5 heteroatoms. The predicted octanol–water partition coefficient (Wildman–Crippen LogP) is 3.52. The summed E-state index contributed by atoms with van der Waals surface area (Å²) in [6, 6.07) is 15.1. The molecule has 0 spiro atoms. The lowest BCUT2D eigenvalue weighted by Gasteiger charge is -2.26. The van der Waals surface area contributed by atoms with Crippen molar-refractivity contribution in [3.05, 3.63) is 59.7 Å². The Morgan fingerprint density at radius 2 is 1.73 bits per heavy atom. The van der Waals surface area contributed by atoms with Crippen LogP contribution in [0.15, 0.2) is 48.5 Å². The van der Waals surface area contributed by atoms with Gasteiger partial charge in [0.2, 0.25) is 0 Å². The Hall–Kier alpha value is -2.53. The van der Waals surface area contributed by atoms with E-state index in [4.69, 9.17) is 9.47 Å². The lowest BCUT2D eigenvalue weighted by Crippen LogP contribution is -2.34.